The first kappa shape index (κ1) is 14.8. The van der Waals surface area contributed by atoms with Crippen molar-refractivity contribution in [3.63, 3.8) is 0 Å². The second kappa shape index (κ2) is 6.36. The van der Waals surface area contributed by atoms with E-state index in [0.717, 1.165) is 0 Å². The summed E-state index contributed by atoms with van der Waals surface area (Å²) in [6.45, 7) is 1.52. The molecule has 0 amide bonds. The second-order valence-corrected chi connectivity index (χ2v) is 7.02. The SMILES string of the molecule is CCOC(=O)C(C(=O)O)P(=O)(CCl)CCl. The van der Waals surface area contributed by atoms with Gasteiger partial charge in [0.05, 0.1) is 17.8 Å². The van der Waals surface area contributed by atoms with Crippen molar-refractivity contribution < 1.29 is 24.0 Å². The number of aliphatic carboxylic acids is 1. The number of esters is 1. The van der Waals surface area contributed by atoms with Crippen molar-refractivity contribution in [1.82, 2.24) is 0 Å². The zero-order valence-corrected chi connectivity index (χ0v) is 10.4. The molecule has 0 radical (unpaired) electrons. The number of hydrogen-bond donors (Lipinski definition) is 1. The standard InChI is InChI=1S/C7H11Cl2O5P/c1-2-14-7(12)5(6(10)11)15(13,3-8)4-9/h5H,2-4H2,1H3,(H,10,11). The Labute approximate surface area is 97.1 Å². The van der Waals surface area contributed by atoms with Gasteiger partial charge in [-0.15, -0.1) is 23.2 Å². The maximum atomic E-state index is 11.9. The average molecular weight is 277 g/mol. The Morgan fingerprint density at radius 3 is 2.13 bits per heavy atom. The van der Waals surface area contributed by atoms with E-state index in [-0.39, 0.29) is 6.61 Å². The van der Waals surface area contributed by atoms with E-state index >= 15 is 0 Å². The van der Waals surface area contributed by atoms with Crippen LogP contribution in [0.4, 0.5) is 0 Å². The summed E-state index contributed by atoms with van der Waals surface area (Å²) in [6.07, 6.45) is 0. The van der Waals surface area contributed by atoms with Crippen LogP contribution in [0.5, 0.6) is 0 Å². The summed E-state index contributed by atoms with van der Waals surface area (Å²) in [5, 5.41) is 8.78. The number of carbonyl (C=O) groups is 2. The van der Waals surface area contributed by atoms with Crippen molar-refractivity contribution in [1.29, 1.82) is 0 Å². The molecule has 0 aliphatic carbocycles. The summed E-state index contributed by atoms with van der Waals surface area (Å²) in [5.41, 5.74) is -2.70. The molecule has 0 aromatic heterocycles. The van der Waals surface area contributed by atoms with Gasteiger partial charge in [0.2, 0.25) is 5.66 Å². The molecule has 0 aromatic carbocycles. The van der Waals surface area contributed by atoms with E-state index in [1.54, 1.807) is 0 Å². The fourth-order valence-corrected chi connectivity index (χ4v) is 3.68. The Kier molecular flexibility index (Phi) is 6.25. The summed E-state index contributed by atoms with van der Waals surface area (Å²) in [6, 6.07) is 0. The first-order valence-electron chi connectivity index (χ1n) is 4.02. The van der Waals surface area contributed by atoms with E-state index in [1.165, 1.54) is 6.92 Å². The van der Waals surface area contributed by atoms with Crippen LogP contribution in [0.25, 0.3) is 0 Å². The van der Waals surface area contributed by atoms with Gasteiger partial charge >= 0.3 is 11.9 Å². The third-order valence-corrected chi connectivity index (χ3v) is 6.23. The first-order valence-corrected chi connectivity index (χ1v) is 7.23. The van der Waals surface area contributed by atoms with Crippen LogP contribution in [-0.2, 0) is 18.9 Å². The first-order chi connectivity index (χ1) is 6.92. The van der Waals surface area contributed by atoms with Gasteiger partial charge in [-0.2, -0.15) is 0 Å². The van der Waals surface area contributed by atoms with Crippen molar-refractivity contribution >= 4 is 42.3 Å². The Balaban J connectivity index is 5.04. The van der Waals surface area contributed by atoms with E-state index in [2.05, 4.69) is 4.74 Å². The third-order valence-electron chi connectivity index (χ3n) is 1.62. The molecule has 0 saturated carbocycles. The lowest BCUT2D eigenvalue weighted by molar-refractivity contribution is -0.150. The van der Waals surface area contributed by atoms with Gasteiger partial charge in [-0.1, -0.05) is 0 Å². The third kappa shape index (κ3) is 3.67. The lowest BCUT2D eigenvalue weighted by atomic mass is 10.4. The van der Waals surface area contributed by atoms with Crippen LogP contribution < -0.4 is 0 Å². The van der Waals surface area contributed by atoms with Crippen LogP contribution >= 0.6 is 30.3 Å². The van der Waals surface area contributed by atoms with E-state index in [4.69, 9.17) is 28.3 Å². The molecule has 1 atom stereocenters. The molecule has 0 aliphatic heterocycles. The van der Waals surface area contributed by atoms with Gasteiger partial charge in [0, 0.05) is 0 Å². The molecular weight excluding hydrogens is 266 g/mol. The number of alkyl halides is 2. The predicted molar refractivity (Wildman–Crippen MR) is 57.1 cm³/mol. The largest absolute Gasteiger partial charge is 0.480 e. The number of carboxylic acids is 1. The van der Waals surface area contributed by atoms with Crippen molar-refractivity contribution in [3.8, 4) is 0 Å². The molecule has 0 bridgehead atoms. The number of carboxylic acid groups (broad SMARTS) is 1. The molecule has 0 spiro atoms. The molecular formula is C7H11Cl2O5P. The molecule has 88 valence electrons. The summed E-state index contributed by atoms with van der Waals surface area (Å²) in [7, 11) is -3.48. The lowest BCUT2D eigenvalue weighted by Crippen LogP contribution is -2.32. The van der Waals surface area contributed by atoms with Crippen LogP contribution in [0.3, 0.4) is 0 Å². The van der Waals surface area contributed by atoms with Crippen LogP contribution in [0.2, 0.25) is 0 Å². The number of halogens is 2. The van der Waals surface area contributed by atoms with Gasteiger partial charge < -0.3 is 14.4 Å². The Morgan fingerprint density at radius 2 is 1.87 bits per heavy atom. The minimum absolute atomic E-state index is 0.00713. The minimum atomic E-state index is -3.48. The maximum absolute atomic E-state index is 11.9. The van der Waals surface area contributed by atoms with Crippen molar-refractivity contribution in [2.45, 2.75) is 12.6 Å². The number of rotatable bonds is 6. The Morgan fingerprint density at radius 1 is 1.40 bits per heavy atom. The summed E-state index contributed by atoms with van der Waals surface area (Å²) in [4.78, 5) is 22.0. The van der Waals surface area contributed by atoms with Gasteiger partial charge in [-0.3, -0.25) is 9.59 Å². The molecule has 0 aromatic rings. The van der Waals surface area contributed by atoms with E-state index < -0.39 is 36.0 Å². The molecule has 15 heavy (non-hydrogen) atoms. The topological polar surface area (TPSA) is 80.7 Å². The molecule has 1 unspecified atom stereocenters. The smallest absolute Gasteiger partial charge is 0.328 e. The van der Waals surface area contributed by atoms with Crippen LogP contribution in [0.1, 0.15) is 6.92 Å². The summed E-state index contributed by atoms with van der Waals surface area (Å²) >= 11 is 10.7. The normalized spacial score (nSPS) is 13.3. The molecule has 0 aliphatic rings. The van der Waals surface area contributed by atoms with Crippen LogP contribution in [-0.4, -0.2) is 40.6 Å². The van der Waals surface area contributed by atoms with Crippen molar-refractivity contribution in [3.05, 3.63) is 0 Å². The second-order valence-electron chi connectivity index (χ2n) is 2.68. The van der Waals surface area contributed by atoms with E-state index in [0.29, 0.717) is 0 Å². The van der Waals surface area contributed by atoms with Crippen LogP contribution in [0.15, 0.2) is 0 Å². The Hall–Kier alpha value is -0.250. The monoisotopic (exact) mass is 276 g/mol. The molecule has 0 rings (SSSR count). The number of carbonyl (C=O) groups excluding carboxylic acids is 1. The zero-order valence-electron chi connectivity index (χ0n) is 7.98. The van der Waals surface area contributed by atoms with Gasteiger partial charge in [0.15, 0.2) is 0 Å². The average Bonchev–Trinajstić information content (AvgIpc) is 2.17. The fourth-order valence-electron chi connectivity index (χ4n) is 0.885. The Bertz CT molecular complexity index is 285. The highest BCUT2D eigenvalue weighted by atomic mass is 35.5. The zero-order chi connectivity index (χ0) is 12.1. The highest BCUT2D eigenvalue weighted by Gasteiger charge is 2.44. The molecule has 5 nitrogen and oxygen atoms in total. The van der Waals surface area contributed by atoms with Crippen LogP contribution in [0, 0.1) is 0 Å². The molecule has 1 N–H and O–H groups in total. The van der Waals surface area contributed by atoms with E-state index in [9.17, 15) is 14.2 Å². The lowest BCUT2D eigenvalue weighted by Gasteiger charge is -2.18. The highest BCUT2D eigenvalue weighted by Crippen LogP contribution is 2.53. The maximum Gasteiger partial charge on any atom is 0.328 e. The fraction of sp³-hybridized carbons (Fsp3) is 0.714. The van der Waals surface area contributed by atoms with Gasteiger partial charge in [-0.25, -0.2) is 0 Å². The van der Waals surface area contributed by atoms with Gasteiger partial charge in [0.25, 0.3) is 0 Å². The molecule has 0 saturated heterocycles. The van der Waals surface area contributed by atoms with Crippen molar-refractivity contribution in [2.24, 2.45) is 0 Å². The summed E-state index contributed by atoms with van der Waals surface area (Å²) in [5.74, 6) is -2.59. The van der Waals surface area contributed by atoms with E-state index in [1.807, 2.05) is 0 Å². The molecule has 0 heterocycles. The van der Waals surface area contributed by atoms with Gasteiger partial charge in [0.1, 0.15) is 7.14 Å². The van der Waals surface area contributed by atoms with Gasteiger partial charge in [-0.05, 0) is 6.92 Å². The molecule has 0 fully saturated rings. The summed E-state index contributed by atoms with van der Waals surface area (Å²) < 4.78 is 16.4. The molecule has 8 heteroatoms. The highest BCUT2D eigenvalue weighted by molar-refractivity contribution is 7.69. The predicted octanol–water partition coefficient (Wildman–Crippen LogP) is 1.76. The van der Waals surface area contributed by atoms with Crippen molar-refractivity contribution in [2.75, 3.05) is 17.8 Å². The number of hydrogen-bond acceptors (Lipinski definition) is 4. The minimum Gasteiger partial charge on any atom is -0.480 e. The number of ether oxygens (including phenoxy) is 1. The quantitative estimate of drug-likeness (QED) is 0.346.